The van der Waals surface area contributed by atoms with Gasteiger partial charge in [-0.15, -0.1) is 0 Å². The molecule has 10 heteroatoms. The van der Waals surface area contributed by atoms with E-state index in [-0.39, 0.29) is 18.3 Å². The van der Waals surface area contributed by atoms with Crippen molar-refractivity contribution in [2.75, 3.05) is 13.7 Å². The third kappa shape index (κ3) is 5.49. The molecular weight excluding hydrogens is 503 g/mol. The summed E-state index contributed by atoms with van der Waals surface area (Å²) in [6.07, 6.45) is 0.626. The molecule has 0 radical (unpaired) electrons. The Hall–Kier alpha value is -3.50. The van der Waals surface area contributed by atoms with Crippen molar-refractivity contribution < 1.29 is 28.6 Å². The molecule has 0 saturated heterocycles. The molecule has 2 unspecified atom stereocenters. The highest BCUT2D eigenvalue weighted by Gasteiger charge is 2.53. The molecule has 2 aliphatic heterocycles. The first-order valence-electron chi connectivity index (χ1n) is 12.9. The van der Waals surface area contributed by atoms with Crippen molar-refractivity contribution in [2.45, 2.75) is 76.3 Å². The van der Waals surface area contributed by atoms with E-state index in [1.165, 1.54) is 23.1 Å². The largest absolute Gasteiger partial charge is 0.484 e. The fraction of sp³-hybridized carbons (Fsp3) is 0.483. The number of nitrogens with zero attached hydrogens (tertiary/aromatic N) is 2. The maximum atomic E-state index is 14.2. The summed E-state index contributed by atoms with van der Waals surface area (Å²) in [5, 5.41) is 14.4. The minimum absolute atomic E-state index is 0.117. The van der Waals surface area contributed by atoms with Crippen LogP contribution in [0.15, 0.2) is 47.5 Å². The lowest BCUT2D eigenvalue weighted by Gasteiger charge is -2.49. The Balaban J connectivity index is 1.68. The van der Waals surface area contributed by atoms with Crippen molar-refractivity contribution in [1.82, 2.24) is 10.2 Å². The number of guanidine groups is 1. The van der Waals surface area contributed by atoms with Gasteiger partial charge in [-0.2, -0.15) is 0 Å². The number of ether oxygens (including phenoxy) is 2. The van der Waals surface area contributed by atoms with Crippen LogP contribution in [0.5, 0.6) is 5.75 Å². The van der Waals surface area contributed by atoms with Crippen LogP contribution < -0.4 is 15.8 Å². The zero-order valence-corrected chi connectivity index (χ0v) is 23.2. The molecule has 0 saturated carbocycles. The molecule has 2 amide bonds. The van der Waals surface area contributed by atoms with Gasteiger partial charge in [0.1, 0.15) is 22.8 Å². The molecule has 4 rings (SSSR count). The van der Waals surface area contributed by atoms with Crippen LogP contribution in [-0.4, -0.2) is 58.2 Å². The fourth-order valence-electron chi connectivity index (χ4n) is 5.18. The fourth-order valence-corrected chi connectivity index (χ4v) is 5.18. The third-order valence-corrected chi connectivity index (χ3v) is 7.66. The van der Waals surface area contributed by atoms with E-state index in [0.717, 1.165) is 0 Å². The average Bonchev–Trinajstić information content (AvgIpc) is 2.83. The molecule has 39 heavy (non-hydrogen) atoms. The summed E-state index contributed by atoms with van der Waals surface area (Å²) < 4.78 is 25.4. The maximum Gasteiger partial charge on any atom is 0.251 e. The van der Waals surface area contributed by atoms with Gasteiger partial charge in [0.2, 0.25) is 5.91 Å². The minimum atomic E-state index is -1.57. The molecule has 2 aliphatic rings. The molecule has 2 aromatic rings. The summed E-state index contributed by atoms with van der Waals surface area (Å²) in [5.41, 5.74) is 4.32. The Morgan fingerprint density at radius 2 is 1.97 bits per heavy atom. The molecule has 2 heterocycles. The smallest absolute Gasteiger partial charge is 0.251 e. The van der Waals surface area contributed by atoms with E-state index in [4.69, 9.17) is 15.2 Å². The summed E-state index contributed by atoms with van der Waals surface area (Å²) in [5.74, 6) is -0.654. The van der Waals surface area contributed by atoms with Gasteiger partial charge in [-0.3, -0.25) is 14.5 Å². The van der Waals surface area contributed by atoms with Crippen LogP contribution in [0, 0.1) is 5.82 Å². The predicted molar refractivity (Wildman–Crippen MR) is 145 cm³/mol. The summed E-state index contributed by atoms with van der Waals surface area (Å²) >= 11 is 0. The second kappa shape index (κ2) is 10.2. The van der Waals surface area contributed by atoms with Crippen molar-refractivity contribution in [2.24, 2.45) is 10.7 Å². The van der Waals surface area contributed by atoms with Gasteiger partial charge in [-0.25, -0.2) is 9.38 Å². The number of nitrogens with two attached hydrogens (primary N) is 1. The van der Waals surface area contributed by atoms with Crippen LogP contribution in [0.4, 0.5) is 4.39 Å². The van der Waals surface area contributed by atoms with Crippen molar-refractivity contribution in [3.05, 3.63) is 65.0 Å². The lowest BCUT2D eigenvalue weighted by molar-refractivity contribution is -0.137. The number of fused-ring (bicyclic) bond motifs is 1. The molecule has 0 aromatic heterocycles. The second-order valence-electron chi connectivity index (χ2n) is 11.5. The van der Waals surface area contributed by atoms with Crippen LogP contribution in [0.2, 0.25) is 0 Å². The zero-order chi connectivity index (χ0) is 28.8. The van der Waals surface area contributed by atoms with E-state index in [1.54, 1.807) is 46.1 Å². The Labute approximate surface area is 228 Å². The number of methoxy groups -OCH3 is 1. The number of aliphatic imine (C=N–C) groups is 1. The molecule has 2 aromatic carbocycles. The minimum Gasteiger partial charge on any atom is -0.484 e. The topological polar surface area (TPSA) is 126 Å². The van der Waals surface area contributed by atoms with Crippen LogP contribution in [0.3, 0.4) is 0 Å². The number of rotatable bonds is 7. The van der Waals surface area contributed by atoms with E-state index < -0.39 is 40.5 Å². The SMILES string of the molecule is COCC[C@H](c1cccc(C(=O)NC2c3cc(F)ccc3OC(C)(C)C2(C)O)c1)N1C(=O)CC(C)(C)N=C1N. The van der Waals surface area contributed by atoms with Gasteiger partial charge in [-0.05, 0) is 76.9 Å². The highest BCUT2D eigenvalue weighted by atomic mass is 19.1. The molecule has 9 nitrogen and oxygen atoms in total. The van der Waals surface area contributed by atoms with Crippen LogP contribution in [0.1, 0.15) is 81.0 Å². The van der Waals surface area contributed by atoms with Gasteiger partial charge in [0.05, 0.1) is 24.0 Å². The normalized spacial score (nSPS) is 24.3. The first-order chi connectivity index (χ1) is 18.2. The quantitative estimate of drug-likeness (QED) is 0.493. The molecular formula is C29H37FN4O5. The van der Waals surface area contributed by atoms with Gasteiger partial charge in [-0.1, -0.05) is 12.1 Å². The Bertz CT molecular complexity index is 1310. The molecule has 0 spiro atoms. The van der Waals surface area contributed by atoms with Gasteiger partial charge in [0.25, 0.3) is 5.91 Å². The highest BCUT2D eigenvalue weighted by Crippen LogP contribution is 2.46. The second-order valence-corrected chi connectivity index (χ2v) is 11.5. The summed E-state index contributed by atoms with van der Waals surface area (Å²) in [6, 6.07) is 9.40. The monoisotopic (exact) mass is 540 g/mol. The molecule has 3 atom stereocenters. The first-order valence-corrected chi connectivity index (χ1v) is 12.9. The summed E-state index contributed by atoms with van der Waals surface area (Å²) in [7, 11) is 1.57. The van der Waals surface area contributed by atoms with Gasteiger partial charge in [0, 0.05) is 24.8 Å². The van der Waals surface area contributed by atoms with Crippen LogP contribution in [0.25, 0.3) is 0 Å². The standard InChI is InChI=1S/C29H37FN4O5/c1-27(2)16-23(35)34(26(31)33-27)21(12-13-38-6)17-8-7-9-18(14-17)25(36)32-24-20-15-19(30)10-11-22(20)39-28(3,4)29(24,5)37/h7-11,14-15,21,24,37H,12-13,16H2,1-6H3,(H2,31,33)(H,32,36)/t21-,24?,29?/m1/s1. The molecule has 4 N–H and O–H groups in total. The molecule has 0 bridgehead atoms. The predicted octanol–water partition coefficient (Wildman–Crippen LogP) is 3.62. The number of benzene rings is 2. The van der Waals surface area contributed by atoms with E-state index in [1.807, 2.05) is 19.9 Å². The summed E-state index contributed by atoms with van der Waals surface area (Å²) in [6.45, 7) is 9.02. The number of nitrogens with one attached hydrogen (secondary N) is 1. The van der Waals surface area contributed by atoms with Crippen molar-refractivity contribution in [3.63, 3.8) is 0 Å². The first kappa shape index (κ1) is 28.5. The Morgan fingerprint density at radius 3 is 2.64 bits per heavy atom. The number of carbonyl (C=O) groups is 2. The Kier molecular flexibility index (Phi) is 7.48. The highest BCUT2D eigenvalue weighted by molar-refractivity contribution is 5.99. The third-order valence-electron chi connectivity index (χ3n) is 7.66. The average molecular weight is 541 g/mol. The van der Waals surface area contributed by atoms with Crippen molar-refractivity contribution >= 4 is 17.8 Å². The number of amides is 2. The number of carbonyl (C=O) groups excluding carboxylic acids is 2. The van der Waals surface area contributed by atoms with E-state index >= 15 is 0 Å². The lowest BCUT2D eigenvalue weighted by Crippen LogP contribution is -2.62. The number of hydrogen-bond acceptors (Lipinski definition) is 7. The van der Waals surface area contributed by atoms with Crippen molar-refractivity contribution in [3.8, 4) is 5.75 Å². The molecule has 0 aliphatic carbocycles. The number of halogens is 1. The van der Waals surface area contributed by atoms with Gasteiger partial charge < -0.3 is 25.6 Å². The van der Waals surface area contributed by atoms with Gasteiger partial charge >= 0.3 is 0 Å². The number of hydrogen-bond donors (Lipinski definition) is 3. The van der Waals surface area contributed by atoms with Crippen LogP contribution >= 0.6 is 0 Å². The van der Waals surface area contributed by atoms with E-state index in [9.17, 15) is 19.1 Å². The summed E-state index contributed by atoms with van der Waals surface area (Å²) in [4.78, 5) is 32.7. The van der Waals surface area contributed by atoms with Crippen molar-refractivity contribution in [1.29, 1.82) is 0 Å². The van der Waals surface area contributed by atoms with E-state index in [0.29, 0.717) is 35.5 Å². The lowest BCUT2D eigenvalue weighted by atomic mass is 9.75. The van der Waals surface area contributed by atoms with Gasteiger partial charge in [0.15, 0.2) is 5.96 Å². The zero-order valence-electron chi connectivity index (χ0n) is 23.2. The number of aliphatic hydroxyl groups is 1. The van der Waals surface area contributed by atoms with E-state index in [2.05, 4.69) is 10.3 Å². The molecule has 0 fully saturated rings. The van der Waals surface area contributed by atoms with Crippen LogP contribution in [-0.2, 0) is 9.53 Å². The molecule has 210 valence electrons. The maximum absolute atomic E-state index is 14.2. The Morgan fingerprint density at radius 1 is 1.26 bits per heavy atom.